The Labute approximate surface area is 171 Å². The van der Waals surface area contributed by atoms with Crippen molar-refractivity contribution in [1.82, 2.24) is 10.6 Å². The smallest absolute Gasteiger partial charge is 0.251 e. The van der Waals surface area contributed by atoms with Crippen molar-refractivity contribution >= 4 is 11.8 Å². The van der Waals surface area contributed by atoms with Crippen molar-refractivity contribution in [2.75, 3.05) is 27.3 Å². The molecule has 0 bridgehead atoms. The molecule has 3 rings (SSSR count). The Morgan fingerprint density at radius 2 is 1.62 bits per heavy atom. The van der Waals surface area contributed by atoms with Crippen LogP contribution in [0, 0.1) is 0 Å². The Morgan fingerprint density at radius 3 is 2.28 bits per heavy atom. The van der Waals surface area contributed by atoms with Crippen molar-refractivity contribution in [3.05, 3.63) is 59.7 Å². The highest BCUT2D eigenvalue weighted by molar-refractivity contribution is 5.97. The Kier molecular flexibility index (Phi) is 6.75. The van der Waals surface area contributed by atoms with Gasteiger partial charge in [0.05, 0.1) is 20.8 Å². The third-order valence-electron chi connectivity index (χ3n) is 5.63. The summed E-state index contributed by atoms with van der Waals surface area (Å²) in [6.07, 6.45) is 4.46. The fourth-order valence-corrected chi connectivity index (χ4v) is 3.98. The Bertz CT molecular complexity index is 845. The molecule has 1 fully saturated rings. The van der Waals surface area contributed by atoms with Gasteiger partial charge in [0.15, 0.2) is 11.5 Å². The molecule has 0 saturated heterocycles. The van der Waals surface area contributed by atoms with Gasteiger partial charge in [-0.15, -0.1) is 0 Å². The van der Waals surface area contributed by atoms with E-state index in [1.807, 2.05) is 18.2 Å². The van der Waals surface area contributed by atoms with Gasteiger partial charge in [0.2, 0.25) is 5.91 Å². The van der Waals surface area contributed by atoms with E-state index in [2.05, 4.69) is 22.8 Å². The van der Waals surface area contributed by atoms with Crippen molar-refractivity contribution in [1.29, 1.82) is 0 Å². The van der Waals surface area contributed by atoms with Crippen LogP contribution in [0.3, 0.4) is 0 Å². The van der Waals surface area contributed by atoms with Crippen LogP contribution >= 0.6 is 0 Å². The van der Waals surface area contributed by atoms with Gasteiger partial charge in [-0.3, -0.25) is 9.59 Å². The summed E-state index contributed by atoms with van der Waals surface area (Å²) in [5.74, 6) is 0.487. The minimum Gasteiger partial charge on any atom is -0.493 e. The lowest BCUT2D eigenvalue weighted by Gasteiger charge is -2.30. The van der Waals surface area contributed by atoms with Gasteiger partial charge in [-0.25, -0.2) is 0 Å². The van der Waals surface area contributed by atoms with Gasteiger partial charge in [-0.2, -0.15) is 0 Å². The van der Waals surface area contributed by atoms with Gasteiger partial charge in [0.1, 0.15) is 0 Å². The van der Waals surface area contributed by atoms with E-state index < -0.39 is 0 Å². The van der Waals surface area contributed by atoms with Crippen LogP contribution in [0.15, 0.2) is 48.5 Å². The number of benzene rings is 2. The van der Waals surface area contributed by atoms with Crippen molar-refractivity contribution in [3.63, 3.8) is 0 Å². The molecule has 0 atom stereocenters. The number of hydrogen-bond donors (Lipinski definition) is 2. The summed E-state index contributed by atoms with van der Waals surface area (Å²) in [6.45, 7) is 0.514. The molecule has 0 spiro atoms. The maximum Gasteiger partial charge on any atom is 0.251 e. The van der Waals surface area contributed by atoms with Crippen LogP contribution in [0.4, 0.5) is 0 Å². The zero-order valence-electron chi connectivity index (χ0n) is 17.0. The number of carbonyl (C=O) groups is 2. The topological polar surface area (TPSA) is 76.7 Å². The predicted molar refractivity (Wildman–Crippen MR) is 111 cm³/mol. The van der Waals surface area contributed by atoms with Gasteiger partial charge in [-0.1, -0.05) is 43.2 Å². The number of amides is 2. The summed E-state index contributed by atoms with van der Waals surface area (Å²) in [4.78, 5) is 24.7. The van der Waals surface area contributed by atoms with Gasteiger partial charge in [0.25, 0.3) is 5.91 Å². The minimum atomic E-state index is -0.334. The molecule has 0 heterocycles. The third-order valence-corrected chi connectivity index (χ3v) is 5.63. The molecule has 6 heteroatoms. The fraction of sp³-hybridized carbons (Fsp3) is 0.391. The highest BCUT2D eigenvalue weighted by Crippen LogP contribution is 2.40. The lowest BCUT2D eigenvalue weighted by Crippen LogP contribution is -2.43. The van der Waals surface area contributed by atoms with Crippen molar-refractivity contribution in [2.24, 2.45) is 0 Å². The SMILES string of the molecule is COc1ccc(C(=O)NCC(=O)NCC2(c3ccccc3)CCCC2)cc1OC. The second-order valence-electron chi connectivity index (χ2n) is 7.38. The molecule has 6 nitrogen and oxygen atoms in total. The van der Waals surface area contributed by atoms with Crippen LogP contribution < -0.4 is 20.1 Å². The maximum absolute atomic E-state index is 12.4. The lowest BCUT2D eigenvalue weighted by atomic mass is 9.79. The van der Waals surface area contributed by atoms with Crippen LogP contribution in [0.5, 0.6) is 11.5 Å². The molecule has 0 unspecified atom stereocenters. The van der Waals surface area contributed by atoms with Crippen LogP contribution in [0.2, 0.25) is 0 Å². The summed E-state index contributed by atoms with van der Waals surface area (Å²) >= 11 is 0. The zero-order valence-corrected chi connectivity index (χ0v) is 17.0. The second kappa shape index (κ2) is 9.45. The molecule has 0 aromatic heterocycles. The largest absolute Gasteiger partial charge is 0.493 e. The fourth-order valence-electron chi connectivity index (χ4n) is 3.98. The molecular weight excluding hydrogens is 368 g/mol. The number of nitrogens with one attached hydrogen (secondary N) is 2. The summed E-state index contributed by atoms with van der Waals surface area (Å²) in [7, 11) is 3.05. The third kappa shape index (κ3) is 4.88. The van der Waals surface area contributed by atoms with Gasteiger partial charge >= 0.3 is 0 Å². The lowest BCUT2D eigenvalue weighted by molar-refractivity contribution is -0.120. The molecule has 2 aromatic carbocycles. The Balaban J connectivity index is 1.55. The molecule has 154 valence electrons. The first-order valence-corrected chi connectivity index (χ1v) is 9.90. The molecular formula is C23H28N2O4. The molecule has 29 heavy (non-hydrogen) atoms. The summed E-state index contributed by atoms with van der Waals surface area (Å²) in [6, 6.07) is 15.3. The Morgan fingerprint density at radius 1 is 0.931 bits per heavy atom. The normalized spacial score (nSPS) is 14.8. The minimum absolute atomic E-state index is 0.00964. The maximum atomic E-state index is 12.4. The number of carbonyl (C=O) groups excluding carboxylic acids is 2. The van der Waals surface area contributed by atoms with Crippen LogP contribution in [0.25, 0.3) is 0 Å². The molecule has 2 amide bonds. The number of rotatable bonds is 8. The standard InChI is InChI=1S/C23H28N2O4/c1-28-19-11-10-17(14-20(19)29-2)22(27)24-15-21(26)25-16-23(12-6-7-13-23)18-8-4-3-5-9-18/h3-5,8-11,14H,6-7,12-13,15-16H2,1-2H3,(H,24,27)(H,25,26). The number of ether oxygens (including phenoxy) is 2. The van der Waals surface area contributed by atoms with E-state index in [-0.39, 0.29) is 23.8 Å². The van der Waals surface area contributed by atoms with E-state index in [1.165, 1.54) is 32.6 Å². The molecule has 0 radical (unpaired) electrons. The van der Waals surface area contributed by atoms with Gasteiger partial charge < -0.3 is 20.1 Å². The Hall–Kier alpha value is -3.02. The predicted octanol–water partition coefficient (Wildman–Crippen LogP) is 3.06. The molecule has 2 aromatic rings. The van der Waals surface area contributed by atoms with Crippen LogP contribution in [-0.2, 0) is 10.2 Å². The highest BCUT2D eigenvalue weighted by Gasteiger charge is 2.35. The van der Waals surface area contributed by atoms with Gasteiger partial charge in [-0.05, 0) is 36.6 Å². The van der Waals surface area contributed by atoms with Crippen molar-refractivity contribution < 1.29 is 19.1 Å². The van der Waals surface area contributed by atoms with Gasteiger partial charge in [0, 0.05) is 17.5 Å². The van der Waals surface area contributed by atoms with Crippen molar-refractivity contribution in [3.8, 4) is 11.5 Å². The summed E-state index contributed by atoms with van der Waals surface area (Å²) < 4.78 is 10.4. The van der Waals surface area contributed by atoms with Crippen LogP contribution in [0.1, 0.15) is 41.6 Å². The molecule has 1 saturated carbocycles. The molecule has 2 N–H and O–H groups in total. The number of methoxy groups -OCH3 is 2. The van der Waals surface area contributed by atoms with E-state index in [9.17, 15) is 9.59 Å². The molecule has 1 aliphatic carbocycles. The van der Waals surface area contributed by atoms with E-state index in [0.29, 0.717) is 23.6 Å². The zero-order chi connectivity index (χ0) is 20.7. The first kappa shape index (κ1) is 20.7. The van der Waals surface area contributed by atoms with E-state index in [1.54, 1.807) is 18.2 Å². The van der Waals surface area contributed by atoms with E-state index >= 15 is 0 Å². The number of hydrogen-bond acceptors (Lipinski definition) is 4. The van der Waals surface area contributed by atoms with Crippen molar-refractivity contribution in [2.45, 2.75) is 31.1 Å². The van der Waals surface area contributed by atoms with E-state index in [4.69, 9.17) is 9.47 Å². The highest BCUT2D eigenvalue weighted by atomic mass is 16.5. The average Bonchev–Trinajstić information content (AvgIpc) is 3.26. The first-order valence-electron chi connectivity index (χ1n) is 9.90. The molecule has 0 aliphatic heterocycles. The second-order valence-corrected chi connectivity index (χ2v) is 7.38. The monoisotopic (exact) mass is 396 g/mol. The summed E-state index contributed by atoms with van der Waals surface area (Å²) in [5, 5.41) is 5.68. The first-order chi connectivity index (χ1) is 14.1. The average molecular weight is 396 g/mol. The summed E-state index contributed by atoms with van der Waals surface area (Å²) in [5.41, 5.74) is 1.67. The quantitative estimate of drug-likeness (QED) is 0.719. The molecule has 1 aliphatic rings. The van der Waals surface area contributed by atoms with E-state index in [0.717, 1.165) is 12.8 Å². The van der Waals surface area contributed by atoms with Crippen LogP contribution in [-0.4, -0.2) is 39.1 Å².